The Bertz CT molecular complexity index is 600. The van der Waals surface area contributed by atoms with Crippen LogP contribution in [-0.2, 0) is 14.1 Å². The molecule has 6 nitrogen and oxygen atoms in total. The maximum atomic E-state index is 12.0. The second-order valence-electron chi connectivity index (χ2n) is 4.51. The molecule has 0 aliphatic heterocycles. The van der Waals surface area contributed by atoms with E-state index in [4.69, 9.17) is 12.2 Å². The molecule has 20 heavy (non-hydrogen) atoms. The van der Waals surface area contributed by atoms with Crippen LogP contribution in [0, 0.1) is 4.77 Å². The van der Waals surface area contributed by atoms with Gasteiger partial charge in [0, 0.05) is 26.9 Å². The average Bonchev–Trinajstić information content (AvgIpc) is 2.46. The largest absolute Gasteiger partial charge is 0.494 e. The van der Waals surface area contributed by atoms with Gasteiger partial charge in [0.15, 0.2) is 4.77 Å². The summed E-state index contributed by atoms with van der Waals surface area (Å²) in [7, 11) is 3.20. The average molecular weight is 298 g/mol. The van der Waals surface area contributed by atoms with Gasteiger partial charge in [0.1, 0.15) is 5.56 Å². The maximum Gasteiger partial charge on any atom is 0.266 e. The molecular formula is C13H22N4O2S. The standard InChI is InChI=1S/C13H22N4O2S/c1-5-17(6-2)8-7-14-9-10-11(18)15(3)13(20)16(4)12(10)19/h9,18H,5-8H2,1-4H3. The van der Waals surface area contributed by atoms with Crippen molar-refractivity contribution in [1.29, 1.82) is 0 Å². The van der Waals surface area contributed by atoms with E-state index in [-0.39, 0.29) is 21.8 Å². The van der Waals surface area contributed by atoms with Crippen molar-refractivity contribution in [3.05, 3.63) is 20.7 Å². The summed E-state index contributed by atoms with van der Waals surface area (Å²) in [4.78, 5) is 18.5. The van der Waals surface area contributed by atoms with Gasteiger partial charge in [-0.25, -0.2) is 0 Å². The molecule has 0 bridgehead atoms. The monoisotopic (exact) mass is 298 g/mol. The Labute approximate surface area is 124 Å². The summed E-state index contributed by atoms with van der Waals surface area (Å²) in [6.45, 7) is 7.55. The van der Waals surface area contributed by atoms with Crippen molar-refractivity contribution in [1.82, 2.24) is 14.0 Å². The first-order valence-corrected chi connectivity index (χ1v) is 7.05. The number of aromatic hydroxyl groups is 1. The van der Waals surface area contributed by atoms with Gasteiger partial charge in [-0.3, -0.25) is 18.9 Å². The number of likely N-dealkylation sites (N-methyl/N-ethyl adjacent to an activating group) is 1. The highest BCUT2D eigenvalue weighted by Crippen LogP contribution is 2.09. The fraction of sp³-hybridized carbons (Fsp3) is 0.615. The van der Waals surface area contributed by atoms with Gasteiger partial charge in [-0.15, -0.1) is 0 Å². The lowest BCUT2D eigenvalue weighted by molar-refractivity contribution is 0.313. The van der Waals surface area contributed by atoms with Crippen LogP contribution in [0.5, 0.6) is 5.88 Å². The molecule has 1 aromatic rings. The second kappa shape index (κ2) is 7.35. The Morgan fingerprint density at radius 2 is 1.90 bits per heavy atom. The first kappa shape index (κ1) is 16.6. The first-order valence-electron chi connectivity index (χ1n) is 6.65. The van der Waals surface area contributed by atoms with Crippen LogP contribution in [0.3, 0.4) is 0 Å². The zero-order chi connectivity index (χ0) is 15.3. The fourth-order valence-corrected chi connectivity index (χ4v) is 2.04. The second-order valence-corrected chi connectivity index (χ2v) is 4.87. The Hall–Kier alpha value is -1.47. The van der Waals surface area contributed by atoms with Crippen LogP contribution in [-0.4, -0.2) is 51.5 Å². The van der Waals surface area contributed by atoms with E-state index in [1.807, 2.05) is 0 Å². The topological polar surface area (TPSA) is 62.8 Å². The van der Waals surface area contributed by atoms with Gasteiger partial charge in [-0.2, -0.15) is 0 Å². The normalized spacial score (nSPS) is 11.7. The van der Waals surface area contributed by atoms with E-state index in [9.17, 15) is 9.90 Å². The SMILES string of the molecule is CCN(CC)CCN=Cc1c(O)n(C)c(=S)n(C)c1=O. The Kier molecular flexibility index (Phi) is 6.09. The zero-order valence-electron chi connectivity index (χ0n) is 12.5. The van der Waals surface area contributed by atoms with Gasteiger partial charge in [-0.1, -0.05) is 13.8 Å². The summed E-state index contributed by atoms with van der Waals surface area (Å²) < 4.78 is 2.98. The highest BCUT2D eigenvalue weighted by Gasteiger charge is 2.10. The van der Waals surface area contributed by atoms with Gasteiger partial charge >= 0.3 is 0 Å². The number of aromatic nitrogens is 2. The van der Waals surface area contributed by atoms with Crippen LogP contribution >= 0.6 is 12.2 Å². The predicted octanol–water partition coefficient (Wildman–Crippen LogP) is 0.920. The molecule has 0 fully saturated rings. The van der Waals surface area contributed by atoms with Crippen molar-refractivity contribution in [3.63, 3.8) is 0 Å². The minimum atomic E-state index is -0.336. The van der Waals surface area contributed by atoms with E-state index in [0.29, 0.717) is 6.54 Å². The molecule has 0 radical (unpaired) electrons. The Morgan fingerprint density at radius 1 is 1.30 bits per heavy atom. The minimum Gasteiger partial charge on any atom is -0.494 e. The van der Waals surface area contributed by atoms with Crippen molar-refractivity contribution in [2.24, 2.45) is 19.1 Å². The number of aliphatic imine (C=N–C) groups is 1. The van der Waals surface area contributed by atoms with E-state index >= 15 is 0 Å². The van der Waals surface area contributed by atoms with Crippen LogP contribution in [0.1, 0.15) is 19.4 Å². The quantitative estimate of drug-likeness (QED) is 0.626. The molecule has 0 saturated carbocycles. The smallest absolute Gasteiger partial charge is 0.266 e. The molecule has 0 saturated heterocycles. The minimum absolute atomic E-state index is 0.148. The molecule has 0 aliphatic carbocycles. The van der Waals surface area contributed by atoms with Gasteiger partial charge in [0.2, 0.25) is 5.88 Å². The van der Waals surface area contributed by atoms with Crippen molar-refractivity contribution in [2.45, 2.75) is 13.8 Å². The van der Waals surface area contributed by atoms with Gasteiger partial charge in [0.25, 0.3) is 5.56 Å². The van der Waals surface area contributed by atoms with Crippen LogP contribution in [0.25, 0.3) is 0 Å². The molecule has 1 rings (SSSR count). The third-order valence-corrected chi connectivity index (χ3v) is 3.88. The van der Waals surface area contributed by atoms with E-state index in [1.54, 1.807) is 14.1 Å². The summed E-state index contributed by atoms with van der Waals surface area (Å²) in [5.74, 6) is -0.148. The first-order chi connectivity index (χ1) is 9.43. The molecular weight excluding hydrogens is 276 g/mol. The van der Waals surface area contributed by atoms with Gasteiger partial charge < -0.3 is 10.0 Å². The number of rotatable bonds is 6. The molecule has 1 N–H and O–H groups in total. The molecule has 1 aromatic heterocycles. The number of hydrogen-bond donors (Lipinski definition) is 1. The van der Waals surface area contributed by atoms with Crippen LogP contribution < -0.4 is 5.56 Å². The van der Waals surface area contributed by atoms with Crippen molar-refractivity contribution in [2.75, 3.05) is 26.2 Å². The molecule has 7 heteroatoms. The molecule has 1 heterocycles. The predicted molar refractivity (Wildman–Crippen MR) is 83.4 cm³/mol. The summed E-state index contributed by atoms with van der Waals surface area (Å²) in [6, 6.07) is 0. The molecule has 0 aromatic carbocycles. The zero-order valence-corrected chi connectivity index (χ0v) is 13.3. The summed E-state index contributed by atoms with van der Waals surface area (Å²) in [5.41, 5.74) is -0.166. The van der Waals surface area contributed by atoms with E-state index in [2.05, 4.69) is 23.7 Å². The lowest BCUT2D eigenvalue weighted by Crippen LogP contribution is -2.27. The van der Waals surface area contributed by atoms with Crippen LogP contribution in [0.2, 0.25) is 0 Å². The Balaban J connectivity index is 2.94. The number of nitrogens with zero attached hydrogens (tertiary/aromatic N) is 4. The van der Waals surface area contributed by atoms with E-state index < -0.39 is 0 Å². The molecule has 0 unspecified atom stereocenters. The van der Waals surface area contributed by atoms with Crippen molar-refractivity contribution in [3.8, 4) is 5.88 Å². The molecule has 0 aliphatic rings. The maximum absolute atomic E-state index is 12.0. The lowest BCUT2D eigenvalue weighted by Gasteiger charge is -2.15. The molecule has 0 amide bonds. The summed E-state index contributed by atoms with van der Waals surface area (Å²) >= 11 is 5.04. The van der Waals surface area contributed by atoms with Gasteiger partial charge in [-0.05, 0) is 25.3 Å². The third kappa shape index (κ3) is 3.55. The molecule has 0 atom stereocenters. The van der Waals surface area contributed by atoms with Crippen LogP contribution in [0.15, 0.2) is 9.79 Å². The van der Waals surface area contributed by atoms with Crippen molar-refractivity contribution < 1.29 is 5.11 Å². The Morgan fingerprint density at radius 3 is 2.45 bits per heavy atom. The third-order valence-electron chi connectivity index (χ3n) is 3.33. The fourth-order valence-electron chi connectivity index (χ4n) is 1.87. The summed E-state index contributed by atoms with van der Waals surface area (Å²) in [6.07, 6.45) is 1.43. The van der Waals surface area contributed by atoms with Crippen LogP contribution in [0.4, 0.5) is 0 Å². The van der Waals surface area contributed by atoms with E-state index in [1.165, 1.54) is 15.3 Å². The van der Waals surface area contributed by atoms with Gasteiger partial charge in [0.05, 0.1) is 6.54 Å². The highest BCUT2D eigenvalue weighted by molar-refractivity contribution is 7.71. The molecule has 0 spiro atoms. The highest BCUT2D eigenvalue weighted by atomic mass is 32.1. The lowest BCUT2D eigenvalue weighted by atomic mass is 10.3. The summed E-state index contributed by atoms with van der Waals surface area (Å²) in [5, 5.41) is 9.97. The molecule has 112 valence electrons. The van der Waals surface area contributed by atoms with Crippen molar-refractivity contribution >= 4 is 18.4 Å². The number of hydrogen-bond acceptors (Lipinski definition) is 5. The van der Waals surface area contributed by atoms with E-state index in [0.717, 1.165) is 19.6 Å².